The second-order valence-corrected chi connectivity index (χ2v) is 13.6. The Labute approximate surface area is 290 Å². The van der Waals surface area contributed by atoms with Gasteiger partial charge in [-0.15, -0.1) is 0 Å². The van der Waals surface area contributed by atoms with E-state index < -0.39 is 26.3 Å². The first-order chi connectivity index (χ1) is 23.9. The molecule has 5 aromatic rings. The van der Waals surface area contributed by atoms with Crippen molar-refractivity contribution in [3.8, 4) is 11.5 Å². The number of carbonyl (C=O) groups is 2. The summed E-state index contributed by atoms with van der Waals surface area (Å²) >= 11 is 0. The van der Waals surface area contributed by atoms with Crippen LogP contribution < -0.4 is 14.6 Å². The van der Waals surface area contributed by atoms with Crippen molar-refractivity contribution in [1.29, 1.82) is 0 Å². The Bertz CT molecular complexity index is 1690. The van der Waals surface area contributed by atoms with Gasteiger partial charge in [0.1, 0.15) is 19.3 Å². The van der Waals surface area contributed by atoms with Crippen LogP contribution in [0.2, 0.25) is 0 Å². The molecular weight excluding hydrogens is 633 g/mol. The summed E-state index contributed by atoms with van der Waals surface area (Å²) in [7, 11) is -0.980. The molecule has 0 aliphatic rings. The number of ether oxygens (including phenoxy) is 3. The minimum atomic E-state index is -0.980. The predicted molar refractivity (Wildman–Crippen MR) is 194 cm³/mol. The molecule has 0 spiro atoms. The summed E-state index contributed by atoms with van der Waals surface area (Å²) in [6, 6.07) is 44.6. The van der Waals surface area contributed by atoms with E-state index in [-0.39, 0.29) is 19.1 Å². The lowest BCUT2D eigenvalue weighted by atomic mass is 10.1. The van der Waals surface area contributed by atoms with E-state index in [1.54, 1.807) is 13.8 Å². The molecule has 0 saturated heterocycles. The van der Waals surface area contributed by atoms with Crippen LogP contribution in [0.1, 0.15) is 41.7 Å². The second kappa shape index (κ2) is 18.4. The molecule has 49 heavy (non-hydrogen) atoms. The summed E-state index contributed by atoms with van der Waals surface area (Å²) in [6.07, 6.45) is 0.636. The number of carbonyl (C=O) groups excluding carboxylic acids is 2. The highest BCUT2D eigenvalue weighted by molar-refractivity contribution is 7.51. The van der Waals surface area contributed by atoms with Gasteiger partial charge in [0.05, 0.1) is 14.3 Å². The minimum Gasteiger partial charge on any atom is -0.485 e. The van der Waals surface area contributed by atoms with Gasteiger partial charge in [0.25, 0.3) is 0 Å². The molecule has 1 amide bonds. The van der Waals surface area contributed by atoms with Gasteiger partial charge >= 0.3 is 12.1 Å². The summed E-state index contributed by atoms with van der Waals surface area (Å²) in [5.74, 6) is 0.625. The molecule has 0 heterocycles. The van der Waals surface area contributed by atoms with Crippen molar-refractivity contribution in [1.82, 2.24) is 5.32 Å². The molecule has 0 fully saturated rings. The summed E-state index contributed by atoms with van der Waals surface area (Å²) in [5, 5.41) is 2.72. The van der Waals surface area contributed by atoms with Gasteiger partial charge in [0, 0.05) is 18.7 Å². The van der Waals surface area contributed by atoms with Gasteiger partial charge in [-0.3, -0.25) is 0 Å². The van der Waals surface area contributed by atoms with Crippen LogP contribution in [0.5, 0.6) is 11.5 Å². The molecule has 0 saturated carbocycles. The first kappa shape index (κ1) is 35.2. The van der Waals surface area contributed by atoms with Crippen LogP contribution in [-0.2, 0) is 46.2 Å². The largest absolute Gasteiger partial charge is 0.485 e. The lowest BCUT2D eigenvalue weighted by molar-refractivity contribution is -0.149. The smallest absolute Gasteiger partial charge is 0.408 e. The van der Waals surface area contributed by atoms with Crippen molar-refractivity contribution in [2.75, 3.05) is 0 Å². The van der Waals surface area contributed by atoms with E-state index in [2.05, 4.69) is 29.6 Å². The zero-order valence-corrected chi connectivity index (χ0v) is 28.8. The van der Waals surface area contributed by atoms with E-state index in [4.69, 9.17) is 18.7 Å². The summed E-state index contributed by atoms with van der Waals surface area (Å²) < 4.78 is 24.1. The number of amides is 1. The Hall–Kier alpha value is -5.13. The third-order valence-electron chi connectivity index (χ3n) is 7.46. The number of benzene rings is 5. The SMILES string of the molecule is CC(C)OC(=O)[C@H](Cc1ccc(OP(Cc2ccccc2)Cc2ccccc2)c(OCc2ccccc2)c1)NC(=O)OCc1ccccc1. The maximum atomic E-state index is 13.2. The fourth-order valence-electron chi connectivity index (χ4n) is 5.09. The molecule has 0 unspecified atom stereocenters. The van der Waals surface area contributed by atoms with Crippen molar-refractivity contribution >= 4 is 20.2 Å². The zero-order chi connectivity index (χ0) is 34.3. The Morgan fingerprint density at radius 3 is 1.65 bits per heavy atom. The predicted octanol–water partition coefficient (Wildman–Crippen LogP) is 9.23. The van der Waals surface area contributed by atoms with E-state index in [0.717, 1.165) is 29.0 Å². The third-order valence-corrected chi connectivity index (χ3v) is 9.35. The quantitative estimate of drug-likeness (QED) is 0.0830. The van der Waals surface area contributed by atoms with Gasteiger partial charge in [-0.05, 0) is 53.8 Å². The Morgan fingerprint density at radius 2 is 1.12 bits per heavy atom. The topological polar surface area (TPSA) is 83.1 Å². The molecule has 1 N–H and O–H groups in total. The summed E-state index contributed by atoms with van der Waals surface area (Å²) in [5.41, 5.74) is 5.01. The van der Waals surface area contributed by atoms with Gasteiger partial charge in [-0.25, -0.2) is 9.59 Å². The fourth-order valence-corrected chi connectivity index (χ4v) is 6.99. The van der Waals surface area contributed by atoms with Crippen molar-refractivity contribution < 1.29 is 28.3 Å². The molecule has 5 rings (SSSR count). The van der Waals surface area contributed by atoms with E-state index in [1.807, 2.05) is 115 Å². The van der Waals surface area contributed by atoms with Gasteiger partial charge in [-0.2, -0.15) is 0 Å². The number of nitrogens with one attached hydrogen (secondary N) is 1. The van der Waals surface area contributed by atoms with Crippen molar-refractivity contribution in [2.24, 2.45) is 0 Å². The molecule has 0 aromatic heterocycles. The van der Waals surface area contributed by atoms with Crippen LogP contribution in [0.4, 0.5) is 4.79 Å². The standard InChI is InChI=1S/C41H42NO6P/c1-31(2)47-40(43)37(42-41(44)46-28-33-17-9-4-10-18-33)25-36-23-24-38(39(26-36)45-27-32-15-7-3-8-16-32)48-49(29-34-19-11-5-12-20-34)30-35-21-13-6-14-22-35/h3-24,26,31,37H,25,27-30H2,1-2H3,(H,42,44)/t37-/m0/s1. The lowest BCUT2D eigenvalue weighted by Gasteiger charge is -2.23. The van der Waals surface area contributed by atoms with Gasteiger partial charge in [0.2, 0.25) is 0 Å². The minimum absolute atomic E-state index is 0.0804. The Kier molecular flexibility index (Phi) is 13.2. The highest BCUT2D eigenvalue weighted by Crippen LogP contribution is 2.47. The van der Waals surface area contributed by atoms with Gasteiger partial charge in [-0.1, -0.05) is 127 Å². The third kappa shape index (κ3) is 11.8. The normalized spacial score (nSPS) is 11.5. The molecule has 1 atom stereocenters. The highest BCUT2D eigenvalue weighted by Gasteiger charge is 2.26. The van der Waals surface area contributed by atoms with Crippen LogP contribution in [0.25, 0.3) is 0 Å². The maximum absolute atomic E-state index is 13.2. The summed E-state index contributed by atoms with van der Waals surface area (Å²) in [6.45, 7) is 3.96. The van der Waals surface area contributed by atoms with Gasteiger partial charge < -0.3 is 24.1 Å². The molecule has 8 heteroatoms. The second-order valence-electron chi connectivity index (χ2n) is 11.9. The first-order valence-electron chi connectivity index (χ1n) is 16.4. The lowest BCUT2D eigenvalue weighted by Crippen LogP contribution is -2.44. The maximum Gasteiger partial charge on any atom is 0.408 e. The first-order valence-corrected chi connectivity index (χ1v) is 18.0. The molecular formula is C41H42NO6P. The van der Waals surface area contributed by atoms with E-state index in [9.17, 15) is 9.59 Å². The fraction of sp³-hybridized carbons (Fsp3) is 0.220. The van der Waals surface area contributed by atoms with Gasteiger partial charge in [0.15, 0.2) is 11.5 Å². The monoisotopic (exact) mass is 675 g/mol. The summed E-state index contributed by atoms with van der Waals surface area (Å²) in [4.78, 5) is 26.0. The van der Waals surface area contributed by atoms with E-state index in [1.165, 1.54) is 11.1 Å². The molecule has 252 valence electrons. The van der Waals surface area contributed by atoms with Crippen molar-refractivity contribution in [2.45, 2.75) is 58.0 Å². The number of hydrogen-bond acceptors (Lipinski definition) is 6. The number of alkyl carbamates (subject to hydrolysis) is 1. The number of rotatable bonds is 16. The van der Waals surface area contributed by atoms with Crippen molar-refractivity contribution in [3.63, 3.8) is 0 Å². The van der Waals surface area contributed by atoms with Crippen molar-refractivity contribution in [3.05, 3.63) is 167 Å². The number of hydrogen-bond donors (Lipinski definition) is 1. The number of esters is 1. The van der Waals surface area contributed by atoms with E-state index in [0.29, 0.717) is 18.1 Å². The van der Waals surface area contributed by atoms with Crippen LogP contribution in [0.3, 0.4) is 0 Å². The van der Waals surface area contributed by atoms with Crippen LogP contribution in [0, 0.1) is 0 Å². The molecule has 0 bridgehead atoms. The van der Waals surface area contributed by atoms with Crippen LogP contribution in [-0.4, -0.2) is 24.2 Å². The molecule has 5 aromatic carbocycles. The molecule has 0 radical (unpaired) electrons. The molecule has 7 nitrogen and oxygen atoms in total. The molecule has 0 aliphatic carbocycles. The Morgan fingerprint density at radius 1 is 0.612 bits per heavy atom. The molecule has 0 aliphatic heterocycles. The zero-order valence-electron chi connectivity index (χ0n) is 27.9. The van der Waals surface area contributed by atoms with E-state index >= 15 is 0 Å². The van der Waals surface area contributed by atoms with Crippen LogP contribution >= 0.6 is 8.15 Å². The Balaban J connectivity index is 1.38. The highest BCUT2D eigenvalue weighted by atomic mass is 31.1. The average Bonchev–Trinajstić information content (AvgIpc) is 3.12. The van der Waals surface area contributed by atoms with Crippen LogP contribution in [0.15, 0.2) is 140 Å². The average molecular weight is 676 g/mol.